The van der Waals surface area contributed by atoms with Crippen LogP contribution in [0.4, 0.5) is 0 Å². The van der Waals surface area contributed by atoms with Gasteiger partial charge in [-0.15, -0.1) is 0 Å². The lowest BCUT2D eigenvalue weighted by Gasteiger charge is -2.07. The van der Waals surface area contributed by atoms with Crippen LogP contribution in [0.3, 0.4) is 0 Å². The Kier molecular flexibility index (Phi) is 2.00. The first-order valence-corrected chi connectivity index (χ1v) is 4.46. The summed E-state index contributed by atoms with van der Waals surface area (Å²) in [4.78, 5) is 0. The van der Waals surface area contributed by atoms with E-state index in [2.05, 4.69) is 6.92 Å². The van der Waals surface area contributed by atoms with Crippen LogP contribution in [-0.4, -0.2) is 11.4 Å². The molecule has 1 aromatic rings. The van der Waals surface area contributed by atoms with Crippen molar-refractivity contribution in [2.45, 2.75) is 26.1 Å². The largest absolute Gasteiger partial charge is 0.508 e. The van der Waals surface area contributed by atoms with E-state index in [9.17, 15) is 5.11 Å². The predicted octanol–water partition coefficient (Wildman–Crippen LogP) is 2.29. The highest BCUT2D eigenvalue weighted by Gasteiger charge is 2.23. The van der Waals surface area contributed by atoms with Gasteiger partial charge in [0.25, 0.3) is 0 Å². The molecule has 0 saturated carbocycles. The van der Waals surface area contributed by atoms with Crippen LogP contribution in [0.5, 0.6) is 17.2 Å². The first-order chi connectivity index (χ1) is 6.29. The van der Waals surface area contributed by atoms with Crippen molar-refractivity contribution >= 4 is 0 Å². The second-order valence-electron chi connectivity index (χ2n) is 3.08. The number of phenols is 1. The number of aromatic hydroxyl groups is 1. The zero-order valence-electron chi connectivity index (χ0n) is 7.49. The molecule has 0 aliphatic carbocycles. The van der Waals surface area contributed by atoms with Crippen LogP contribution in [0.1, 0.15) is 19.8 Å². The number of ether oxygens (including phenoxy) is 2. The standard InChI is InChI=1S/C10H12O3/c1-2-3-10-12-8-5-4-7(11)6-9(8)13-10/h4-6,10-11H,2-3H2,1H3. The SMILES string of the molecule is CCCC1Oc2ccc(O)cc2O1. The Balaban J connectivity index is 2.16. The van der Waals surface area contributed by atoms with Crippen LogP contribution >= 0.6 is 0 Å². The summed E-state index contributed by atoms with van der Waals surface area (Å²) >= 11 is 0. The Labute approximate surface area is 76.9 Å². The smallest absolute Gasteiger partial charge is 0.241 e. The molecule has 1 aliphatic heterocycles. The van der Waals surface area contributed by atoms with Crippen molar-refractivity contribution in [3.05, 3.63) is 18.2 Å². The molecule has 0 radical (unpaired) electrons. The predicted molar refractivity (Wildman–Crippen MR) is 48.1 cm³/mol. The molecule has 1 unspecified atom stereocenters. The zero-order valence-corrected chi connectivity index (χ0v) is 7.49. The van der Waals surface area contributed by atoms with E-state index in [4.69, 9.17) is 9.47 Å². The van der Waals surface area contributed by atoms with E-state index in [-0.39, 0.29) is 12.0 Å². The number of benzene rings is 1. The molecule has 3 nitrogen and oxygen atoms in total. The lowest BCUT2D eigenvalue weighted by Crippen LogP contribution is -2.16. The number of phenolic OH excluding ortho intramolecular Hbond substituents is 1. The Morgan fingerprint density at radius 3 is 2.85 bits per heavy atom. The highest BCUT2D eigenvalue weighted by molar-refractivity contribution is 5.46. The summed E-state index contributed by atoms with van der Waals surface area (Å²) in [5.41, 5.74) is 0. The average Bonchev–Trinajstić information content (AvgIpc) is 2.46. The lowest BCUT2D eigenvalue weighted by molar-refractivity contribution is 0.0413. The number of hydrogen-bond donors (Lipinski definition) is 1. The van der Waals surface area contributed by atoms with Crippen LogP contribution in [-0.2, 0) is 0 Å². The van der Waals surface area contributed by atoms with Gasteiger partial charge < -0.3 is 14.6 Å². The van der Waals surface area contributed by atoms with Crippen molar-refractivity contribution in [1.29, 1.82) is 0 Å². The highest BCUT2D eigenvalue weighted by atomic mass is 16.7. The molecule has 0 fully saturated rings. The summed E-state index contributed by atoms with van der Waals surface area (Å²) in [5.74, 6) is 1.56. The summed E-state index contributed by atoms with van der Waals surface area (Å²) in [6.45, 7) is 2.08. The lowest BCUT2D eigenvalue weighted by atomic mass is 10.3. The number of fused-ring (bicyclic) bond motifs is 1. The Morgan fingerprint density at radius 2 is 2.08 bits per heavy atom. The van der Waals surface area contributed by atoms with Crippen LogP contribution in [0.2, 0.25) is 0 Å². The van der Waals surface area contributed by atoms with E-state index in [1.807, 2.05) is 0 Å². The molecule has 1 atom stereocenters. The molecule has 2 rings (SSSR count). The van der Waals surface area contributed by atoms with Gasteiger partial charge in [-0.3, -0.25) is 0 Å². The second-order valence-corrected chi connectivity index (χ2v) is 3.08. The molecule has 1 aliphatic rings. The van der Waals surface area contributed by atoms with Gasteiger partial charge in [-0.2, -0.15) is 0 Å². The molecule has 70 valence electrons. The summed E-state index contributed by atoms with van der Waals surface area (Å²) in [5, 5.41) is 9.18. The maximum absolute atomic E-state index is 9.18. The van der Waals surface area contributed by atoms with Crippen LogP contribution < -0.4 is 9.47 Å². The zero-order chi connectivity index (χ0) is 9.26. The quantitative estimate of drug-likeness (QED) is 0.758. The first kappa shape index (κ1) is 8.23. The molecule has 0 bridgehead atoms. The van der Waals surface area contributed by atoms with Crippen molar-refractivity contribution in [3.8, 4) is 17.2 Å². The van der Waals surface area contributed by atoms with Gasteiger partial charge in [-0.25, -0.2) is 0 Å². The van der Waals surface area contributed by atoms with Gasteiger partial charge in [0.05, 0.1) is 0 Å². The topological polar surface area (TPSA) is 38.7 Å². The van der Waals surface area contributed by atoms with E-state index in [1.54, 1.807) is 18.2 Å². The van der Waals surface area contributed by atoms with E-state index in [0.29, 0.717) is 5.75 Å². The van der Waals surface area contributed by atoms with Gasteiger partial charge in [0.2, 0.25) is 6.29 Å². The van der Waals surface area contributed by atoms with Gasteiger partial charge >= 0.3 is 0 Å². The minimum atomic E-state index is -0.179. The molecule has 0 aromatic heterocycles. The Morgan fingerprint density at radius 1 is 1.31 bits per heavy atom. The van der Waals surface area contributed by atoms with Gasteiger partial charge in [0.1, 0.15) is 5.75 Å². The second kappa shape index (κ2) is 3.17. The third kappa shape index (κ3) is 1.54. The summed E-state index contributed by atoms with van der Waals surface area (Å²) < 4.78 is 10.9. The fourth-order valence-corrected chi connectivity index (χ4v) is 1.35. The molecule has 1 aromatic carbocycles. The molecule has 0 saturated heterocycles. The van der Waals surface area contributed by atoms with E-state index >= 15 is 0 Å². The number of rotatable bonds is 2. The third-order valence-corrected chi connectivity index (χ3v) is 1.97. The maximum Gasteiger partial charge on any atom is 0.241 e. The van der Waals surface area contributed by atoms with Gasteiger partial charge in [-0.1, -0.05) is 6.92 Å². The molecule has 0 amide bonds. The molecule has 1 N–H and O–H groups in total. The monoisotopic (exact) mass is 180 g/mol. The van der Waals surface area contributed by atoms with Crippen molar-refractivity contribution < 1.29 is 14.6 Å². The fourth-order valence-electron chi connectivity index (χ4n) is 1.35. The van der Waals surface area contributed by atoms with E-state index < -0.39 is 0 Å². The van der Waals surface area contributed by atoms with Crippen molar-refractivity contribution in [2.24, 2.45) is 0 Å². The first-order valence-electron chi connectivity index (χ1n) is 4.46. The minimum absolute atomic E-state index is 0.179. The summed E-state index contributed by atoms with van der Waals surface area (Å²) in [6, 6.07) is 4.89. The number of hydrogen-bond acceptors (Lipinski definition) is 3. The van der Waals surface area contributed by atoms with Crippen LogP contribution in [0, 0.1) is 0 Å². The highest BCUT2D eigenvalue weighted by Crippen LogP contribution is 2.37. The van der Waals surface area contributed by atoms with E-state index in [1.165, 1.54) is 0 Å². The molecule has 1 heterocycles. The van der Waals surface area contributed by atoms with Gasteiger partial charge in [-0.05, 0) is 18.6 Å². The van der Waals surface area contributed by atoms with Crippen molar-refractivity contribution in [1.82, 2.24) is 0 Å². The van der Waals surface area contributed by atoms with Gasteiger partial charge in [0.15, 0.2) is 11.5 Å². The van der Waals surface area contributed by atoms with E-state index in [0.717, 1.165) is 18.6 Å². The third-order valence-electron chi connectivity index (χ3n) is 1.97. The van der Waals surface area contributed by atoms with Crippen molar-refractivity contribution in [2.75, 3.05) is 0 Å². The van der Waals surface area contributed by atoms with Crippen molar-refractivity contribution in [3.63, 3.8) is 0 Å². The molecular formula is C10H12O3. The minimum Gasteiger partial charge on any atom is -0.508 e. The average molecular weight is 180 g/mol. The maximum atomic E-state index is 9.18. The van der Waals surface area contributed by atoms with Crippen LogP contribution in [0.15, 0.2) is 18.2 Å². The van der Waals surface area contributed by atoms with Crippen LogP contribution in [0.25, 0.3) is 0 Å². The molecule has 3 heteroatoms. The molecule has 13 heavy (non-hydrogen) atoms. The molecule has 0 spiro atoms. The molecular weight excluding hydrogens is 168 g/mol. The Bertz CT molecular complexity index is 309. The normalized spacial score (nSPS) is 19.0. The summed E-state index contributed by atoms with van der Waals surface area (Å²) in [7, 11) is 0. The van der Waals surface area contributed by atoms with Gasteiger partial charge in [0, 0.05) is 12.5 Å². The summed E-state index contributed by atoms with van der Waals surface area (Å²) in [6.07, 6.45) is 1.71. The Hall–Kier alpha value is -1.38. The fraction of sp³-hybridized carbons (Fsp3) is 0.400.